The van der Waals surface area contributed by atoms with Gasteiger partial charge in [-0.1, -0.05) is 29.8 Å². The fourth-order valence-electron chi connectivity index (χ4n) is 1.80. The molecule has 1 rings (SSSR count). The lowest BCUT2D eigenvalue weighted by Gasteiger charge is -2.17. The van der Waals surface area contributed by atoms with E-state index in [1.165, 1.54) is 0 Å². The van der Waals surface area contributed by atoms with Gasteiger partial charge in [0, 0.05) is 30.0 Å². The molecule has 0 aliphatic rings. The smallest absolute Gasteiger partial charge is 0.315 e. The van der Waals surface area contributed by atoms with Crippen LogP contribution in [0.1, 0.15) is 12.0 Å². The first-order chi connectivity index (χ1) is 9.67. The average molecular weight is 317 g/mol. The second-order valence-electron chi connectivity index (χ2n) is 4.41. The van der Waals surface area contributed by atoms with Gasteiger partial charge in [0.25, 0.3) is 0 Å². The lowest BCUT2D eigenvalue weighted by Crippen LogP contribution is -2.44. The molecule has 3 N–H and O–H groups in total. The van der Waals surface area contributed by atoms with E-state index in [9.17, 15) is 4.79 Å². The Bertz CT molecular complexity index is 412. The Hall–Kier alpha value is -0.910. The number of aliphatic hydroxyl groups excluding tert-OH is 1. The Morgan fingerprint density at radius 1 is 1.45 bits per heavy atom. The summed E-state index contributed by atoms with van der Waals surface area (Å²) in [6.45, 7) is 0.603. The quantitative estimate of drug-likeness (QED) is 0.689. The number of carbonyl (C=O) groups is 1. The fraction of sp³-hybridized carbons (Fsp3) is 0.500. The van der Waals surface area contributed by atoms with E-state index in [0.717, 1.165) is 16.3 Å². The van der Waals surface area contributed by atoms with Crippen LogP contribution in [-0.2, 0) is 6.42 Å². The van der Waals surface area contributed by atoms with E-state index in [1.54, 1.807) is 11.8 Å². The number of nitrogens with one attached hydrogen (secondary N) is 2. The Labute approximate surface area is 129 Å². The molecule has 0 bridgehead atoms. The van der Waals surface area contributed by atoms with Gasteiger partial charge in [0.2, 0.25) is 0 Å². The van der Waals surface area contributed by atoms with Gasteiger partial charge in [-0.2, -0.15) is 11.8 Å². The zero-order chi connectivity index (χ0) is 14.8. The zero-order valence-corrected chi connectivity index (χ0v) is 13.1. The largest absolute Gasteiger partial charge is 0.396 e. The highest BCUT2D eigenvalue weighted by Crippen LogP contribution is 2.14. The fourth-order valence-corrected chi connectivity index (χ4v) is 2.69. The van der Waals surface area contributed by atoms with Gasteiger partial charge in [-0.15, -0.1) is 0 Å². The molecule has 0 saturated heterocycles. The van der Waals surface area contributed by atoms with Gasteiger partial charge in [0.15, 0.2) is 0 Å². The van der Waals surface area contributed by atoms with Crippen molar-refractivity contribution in [2.24, 2.45) is 0 Å². The third kappa shape index (κ3) is 6.50. The molecule has 0 aliphatic heterocycles. The number of thioether (sulfide) groups is 1. The molecule has 1 unspecified atom stereocenters. The summed E-state index contributed by atoms with van der Waals surface area (Å²) in [6.07, 6.45) is 3.24. The summed E-state index contributed by atoms with van der Waals surface area (Å²) in [6, 6.07) is 7.39. The summed E-state index contributed by atoms with van der Waals surface area (Å²) >= 11 is 7.69. The van der Waals surface area contributed by atoms with Gasteiger partial charge in [-0.3, -0.25) is 0 Å². The van der Waals surface area contributed by atoms with Crippen molar-refractivity contribution in [3.63, 3.8) is 0 Å². The highest BCUT2D eigenvalue weighted by Gasteiger charge is 2.10. The normalized spacial score (nSPS) is 11.9. The van der Waals surface area contributed by atoms with Crippen LogP contribution in [0.2, 0.25) is 5.02 Å². The molecule has 0 heterocycles. The molecule has 1 aromatic rings. The first kappa shape index (κ1) is 17.1. The number of amides is 2. The van der Waals surface area contributed by atoms with Crippen LogP contribution in [0.4, 0.5) is 4.79 Å². The second kappa shape index (κ2) is 9.91. The van der Waals surface area contributed by atoms with Gasteiger partial charge in [-0.05, 0) is 30.7 Å². The number of carbonyl (C=O) groups excluding carboxylic acids is 1. The highest BCUT2D eigenvalue weighted by molar-refractivity contribution is 7.98. The average Bonchev–Trinajstić information content (AvgIpc) is 2.41. The monoisotopic (exact) mass is 316 g/mol. The van der Waals surface area contributed by atoms with Crippen LogP contribution in [0.3, 0.4) is 0 Å². The van der Waals surface area contributed by atoms with Gasteiger partial charge >= 0.3 is 6.03 Å². The molecule has 1 atom stereocenters. The van der Waals surface area contributed by atoms with Crippen molar-refractivity contribution in [2.45, 2.75) is 18.9 Å². The first-order valence-electron chi connectivity index (χ1n) is 6.55. The molecule has 0 fully saturated rings. The first-order valence-corrected chi connectivity index (χ1v) is 8.32. The van der Waals surface area contributed by atoms with Gasteiger partial charge in [-0.25, -0.2) is 4.79 Å². The topological polar surface area (TPSA) is 61.4 Å². The summed E-state index contributed by atoms with van der Waals surface area (Å²) < 4.78 is 0. The van der Waals surface area contributed by atoms with E-state index < -0.39 is 0 Å². The summed E-state index contributed by atoms with van der Waals surface area (Å²) in [5.74, 6) is 0.790. The molecule has 6 heteroatoms. The minimum Gasteiger partial charge on any atom is -0.396 e. The van der Waals surface area contributed by atoms with Gasteiger partial charge in [0.1, 0.15) is 0 Å². The zero-order valence-electron chi connectivity index (χ0n) is 11.6. The summed E-state index contributed by atoms with van der Waals surface area (Å²) in [4.78, 5) is 11.7. The Morgan fingerprint density at radius 2 is 2.20 bits per heavy atom. The van der Waals surface area contributed by atoms with E-state index in [-0.39, 0.29) is 18.7 Å². The van der Waals surface area contributed by atoms with Crippen LogP contribution in [-0.4, -0.2) is 42.3 Å². The number of rotatable bonds is 8. The maximum Gasteiger partial charge on any atom is 0.315 e. The third-order valence-electron chi connectivity index (χ3n) is 2.82. The number of urea groups is 1. The molecule has 0 aromatic heterocycles. The lowest BCUT2D eigenvalue weighted by atomic mass is 10.1. The molecular formula is C14H21ClN2O2S. The van der Waals surface area contributed by atoms with Crippen LogP contribution >= 0.6 is 23.4 Å². The van der Waals surface area contributed by atoms with Crippen molar-refractivity contribution in [3.8, 4) is 0 Å². The minimum atomic E-state index is -0.204. The standard InChI is InChI=1S/C14H21ClN2O2S/c1-20-10-12(7-9-18)17-14(19)16-8-6-11-4-2-3-5-13(11)15/h2-5,12,18H,6-10H2,1H3,(H2,16,17,19). The van der Waals surface area contributed by atoms with Crippen LogP contribution in [0.5, 0.6) is 0 Å². The van der Waals surface area contributed by atoms with Crippen LogP contribution in [0.25, 0.3) is 0 Å². The molecular weight excluding hydrogens is 296 g/mol. The predicted molar refractivity (Wildman–Crippen MR) is 85.6 cm³/mol. The highest BCUT2D eigenvalue weighted by atomic mass is 35.5. The molecule has 112 valence electrons. The van der Waals surface area contributed by atoms with E-state index in [2.05, 4.69) is 10.6 Å². The van der Waals surface area contributed by atoms with Crippen LogP contribution < -0.4 is 10.6 Å². The molecule has 20 heavy (non-hydrogen) atoms. The van der Waals surface area contributed by atoms with Crippen molar-refractivity contribution in [3.05, 3.63) is 34.9 Å². The maximum atomic E-state index is 11.7. The van der Waals surface area contributed by atoms with Crippen molar-refractivity contribution in [2.75, 3.05) is 25.2 Å². The number of halogens is 1. The van der Waals surface area contributed by atoms with Crippen LogP contribution in [0.15, 0.2) is 24.3 Å². The Balaban J connectivity index is 2.30. The predicted octanol–water partition coefficient (Wildman–Crippen LogP) is 2.30. The summed E-state index contributed by atoms with van der Waals surface area (Å²) in [7, 11) is 0. The van der Waals surface area contributed by atoms with E-state index in [0.29, 0.717) is 19.4 Å². The van der Waals surface area contributed by atoms with Crippen molar-refractivity contribution >= 4 is 29.4 Å². The van der Waals surface area contributed by atoms with Crippen molar-refractivity contribution in [1.29, 1.82) is 0 Å². The Kier molecular flexibility index (Phi) is 8.49. The van der Waals surface area contributed by atoms with E-state index in [4.69, 9.17) is 16.7 Å². The number of aliphatic hydroxyl groups is 1. The van der Waals surface area contributed by atoms with Crippen molar-refractivity contribution in [1.82, 2.24) is 10.6 Å². The molecule has 0 spiro atoms. The molecule has 0 aliphatic carbocycles. The summed E-state index contributed by atoms with van der Waals surface area (Å²) in [5.41, 5.74) is 1.02. The number of benzene rings is 1. The second-order valence-corrected chi connectivity index (χ2v) is 5.72. The maximum absolute atomic E-state index is 11.7. The van der Waals surface area contributed by atoms with Gasteiger partial charge in [0.05, 0.1) is 0 Å². The molecule has 0 radical (unpaired) electrons. The molecule has 4 nitrogen and oxygen atoms in total. The Morgan fingerprint density at radius 3 is 2.85 bits per heavy atom. The lowest BCUT2D eigenvalue weighted by molar-refractivity contribution is 0.231. The van der Waals surface area contributed by atoms with Crippen molar-refractivity contribution < 1.29 is 9.90 Å². The third-order valence-corrected chi connectivity index (χ3v) is 3.92. The molecule has 2 amide bonds. The molecule has 0 saturated carbocycles. The van der Waals surface area contributed by atoms with Crippen LogP contribution in [0, 0.1) is 0 Å². The molecule has 1 aromatic carbocycles. The van der Waals surface area contributed by atoms with E-state index >= 15 is 0 Å². The van der Waals surface area contributed by atoms with E-state index in [1.807, 2.05) is 30.5 Å². The van der Waals surface area contributed by atoms with Gasteiger partial charge < -0.3 is 15.7 Å². The SMILES string of the molecule is CSCC(CCO)NC(=O)NCCc1ccccc1Cl. The number of hydrogen-bond acceptors (Lipinski definition) is 3. The minimum absolute atomic E-state index is 0.00434. The number of hydrogen-bond donors (Lipinski definition) is 3. The summed E-state index contributed by atoms with van der Waals surface area (Å²) in [5, 5.41) is 15.3.